The maximum Gasteiger partial charge on any atom is 0.254 e. The van der Waals surface area contributed by atoms with Gasteiger partial charge in [-0.05, 0) is 12.8 Å². The third kappa shape index (κ3) is 2.55. The number of nitrogens with one attached hydrogen (secondary N) is 1. The molecule has 0 unspecified atom stereocenters. The first-order valence-electron chi connectivity index (χ1n) is 5.38. The van der Waals surface area contributed by atoms with Gasteiger partial charge in [-0.15, -0.1) is 0 Å². The van der Waals surface area contributed by atoms with E-state index in [1.807, 2.05) is 0 Å². The van der Waals surface area contributed by atoms with Crippen LogP contribution in [0.15, 0.2) is 11.1 Å². The van der Waals surface area contributed by atoms with Gasteiger partial charge in [-0.3, -0.25) is 14.9 Å². The molecule has 2 saturated heterocycles. The van der Waals surface area contributed by atoms with Gasteiger partial charge in [0.05, 0.1) is 12.7 Å². The molecule has 0 atom stereocenters. The van der Waals surface area contributed by atoms with E-state index in [2.05, 4.69) is 5.32 Å². The van der Waals surface area contributed by atoms with Crippen molar-refractivity contribution in [3.8, 4) is 0 Å². The van der Waals surface area contributed by atoms with Crippen molar-refractivity contribution in [1.82, 2.24) is 9.62 Å². The van der Waals surface area contributed by atoms with Gasteiger partial charge in [0.15, 0.2) is 0 Å². The lowest BCUT2D eigenvalue weighted by Crippen LogP contribution is -2.36. The summed E-state index contributed by atoms with van der Waals surface area (Å²) < 4.78 is 24.0. The summed E-state index contributed by atoms with van der Waals surface area (Å²) >= 11 is 0. The molecule has 0 saturated carbocycles. The van der Waals surface area contributed by atoms with Crippen LogP contribution in [-0.2, 0) is 19.6 Å². The number of piperidine rings is 1. The lowest BCUT2D eigenvalue weighted by molar-refractivity contribution is -0.124. The van der Waals surface area contributed by atoms with Crippen LogP contribution in [0, 0.1) is 0 Å². The average Bonchev–Trinajstić information content (AvgIpc) is 2.57. The fourth-order valence-electron chi connectivity index (χ4n) is 2.16. The fourth-order valence-corrected chi connectivity index (χ4v) is 3.01. The smallest absolute Gasteiger partial charge is 0.254 e. The number of amides is 2. The molecule has 2 aliphatic heterocycles. The standard InChI is InChI=1S/C10H14N2O4S/c1-17(15,16)12-4-2-7(3-5-12)8-6-9(13)11-10(8)14/h2-6H2,1H3,(H,11,13,14). The second-order valence-corrected chi connectivity index (χ2v) is 6.28. The summed E-state index contributed by atoms with van der Waals surface area (Å²) in [7, 11) is -3.15. The summed E-state index contributed by atoms with van der Waals surface area (Å²) in [5.41, 5.74) is 1.44. The van der Waals surface area contributed by atoms with Gasteiger partial charge < -0.3 is 0 Å². The third-order valence-corrected chi connectivity index (χ3v) is 4.39. The van der Waals surface area contributed by atoms with Gasteiger partial charge >= 0.3 is 0 Å². The van der Waals surface area contributed by atoms with Crippen molar-refractivity contribution in [3.63, 3.8) is 0 Å². The van der Waals surface area contributed by atoms with Crippen LogP contribution in [0.1, 0.15) is 19.3 Å². The first-order chi connectivity index (χ1) is 7.88. The summed E-state index contributed by atoms with van der Waals surface area (Å²) in [6.07, 6.45) is 2.37. The Balaban J connectivity index is 2.12. The number of nitrogens with zero attached hydrogens (tertiary/aromatic N) is 1. The second-order valence-electron chi connectivity index (χ2n) is 4.30. The van der Waals surface area contributed by atoms with E-state index < -0.39 is 10.0 Å². The van der Waals surface area contributed by atoms with Crippen molar-refractivity contribution < 1.29 is 18.0 Å². The van der Waals surface area contributed by atoms with Gasteiger partial charge in [-0.25, -0.2) is 12.7 Å². The molecule has 2 amide bonds. The van der Waals surface area contributed by atoms with Crippen molar-refractivity contribution in [2.45, 2.75) is 19.3 Å². The number of sulfonamides is 1. The Kier molecular flexibility index (Phi) is 3.05. The normalized spacial score (nSPS) is 23.1. The Bertz CT molecular complexity index is 496. The van der Waals surface area contributed by atoms with Gasteiger partial charge in [0.1, 0.15) is 0 Å². The zero-order chi connectivity index (χ0) is 12.6. The quantitative estimate of drug-likeness (QED) is 0.502. The molecule has 1 N–H and O–H groups in total. The summed E-state index contributed by atoms with van der Waals surface area (Å²) in [5.74, 6) is -0.596. The number of carbonyl (C=O) groups is 2. The van der Waals surface area contributed by atoms with Crippen LogP contribution in [0.3, 0.4) is 0 Å². The van der Waals surface area contributed by atoms with Gasteiger partial charge in [-0.2, -0.15) is 0 Å². The van der Waals surface area contributed by atoms with Crippen molar-refractivity contribution in [2.24, 2.45) is 0 Å². The first-order valence-corrected chi connectivity index (χ1v) is 7.23. The van der Waals surface area contributed by atoms with E-state index in [0.29, 0.717) is 31.5 Å². The molecule has 2 fully saturated rings. The van der Waals surface area contributed by atoms with E-state index in [9.17, 15) is 18.0 Å². The molecule has 0 aromatic carbocycles. The van der Waals surface area contributed by atoms with E-state index in [1.165, 1.54) is 10.6 Å². The van der Waals surface area contributed by atoms with Crippen molar-refractivity contribution >= 4 is 21.8 Å². The minimum atomic E-state index is -3.15. The molecule has 0 aromatic heterocycles. The van der Waals surface area contributed by atoms with Gasteiger partial charge in [0.25, 0.3) is 5.91 Å². The van der Waals surface area contributed by atoms with Crippen LogP contribution < -0.4 is 5.32 Å². The first kappa shape index (κ1) is 12.3. The number of hydrogen-bond acceptors (Lipinski definition) is 4. The average molecular weight is 258 g/mol. The number of imide groups is 1. The van der Waals surface area contributed by atoms with Crippen LogP contribution in [-0.4, -0.2) is 43.9 Å². The predicted octanol–water partition coefficient (Wildman–Crippen LogP) is -0.615. The molecule has 0 bridgehead atoms. The molecule has 2 aliphatic rings. The van der Waals surface area contributed by atoms with Crippen LogP contribution in [0.25, 0.3) is 0 Å². The Morgan fingerprint density at radius 1 is 1.18 bits per heavy atom. The lowest BCUT2D eigenvalue weighted by atomic mass is 9.98. The topological polar surface area (TPSA) is 83.6 Å². The molecule has 94 valence electrons. The monoisotopic (exact) mass is 258 g/mol. The SMILES string of the molecule is CS(=O)(=O)N1CCC(=C2CC(=O)NC2=O)CC1. The van der Waals surface area contributed by atoms with Crippen LogP contribution in [0.4, 0.5) is 0 Å². The van der Waals surface area contributed by atoms with Crippen LogP contribution >= 0.6 is 0 Å². The molecule has 0 radical (unpaired) electrons. The van der Waals surface area contributed by atoms with E-state index in [4.69, 9.17) is 0 Å². The lowest BCUT2D eigenvalue weighted by Gasteiger charge is -2.26. The number of carbonyl (C=O) groups excluding carboxylic acids is 2. The summed E-state index contributed by atoms with van der Waals surface area (Å²) in [5, 5.41) is 2.24. The van der Waals surface area contributed by atoms with Crippen molar-refractivity contribution in [2.75, 3.05) is 19.3 Å². The highest BCUT2D eigenvalue weighted by molar-refractivity contribution is 7.88. The molecule has 6 nitrogen and oxygen atoms in total. The number of hydrogen-bond donors (Lipinski definition) is 1. The number of rotatable bonds is 1. The molecule has 2 heterocycles. The van der Waals surface area contributed by atoms with E-state index in [1.54, 1.807) is 0 Å². The third-order valence-electron chi connectivity index (χ3n) is 3.09. The molecule has 17 heavy (non-hydrogen) atoms. The largest absolute Gasteiger partial charge is 0.292 e. The molecule has 0 aromatic rings. The van der Waals surface area contributed by atoms with Crippen LogP contribution in [0.2, 0.25) is 0 Å². The maximum atomic E-state index is 11.4. The van der Waals surface area contributed by atoms with Gasteiger partial charge in [0.2, 0.25) is 15.9 Å². The van der Waals surface area contributed by atoms with Crippen molar-refractivity contribution in [1.29, 1.82) is 0 Å². The predicted molar refractivity (Wildman–Crippen MR) is 60.4 cm³/mol. The molecule has 0 aliphatic carbocycles. The highest BCUT2D eigenvalue weighted by Crippen LogP contribution is 2.25. The Labute approximate surface area is 99.7 Å². The summed E-state index contributed by atoms with van der Waals surface area (Å²) in [6.45, 7) is 0.776. The molecular formula is C10H14N2O4S. The van der Waals surface area contributed by atoms with E-state index in [0.717, 1.165) is 5.57 Å². The Morgan fingerprint density at radius 3 is 2.18 bits per heavy atom. The minimum Gasteiger partial charge on any atom is -0.292 e. The second kappa shape index (κ2) is 4.23. The fraction of sp³-hybridized carbons (Fsp3) is 0.600. The Morgan fingerprint density at radius 2 is 1.76 bits per heavy atom. The Hall–Kier alpha value is -1.21. The minimum absolute atomic E-state index is 0.132. The van der Waals surface area contributed by atoms with Gasteiger partial charge in [-0.1, -0.05) is 5.57 Å². The van der Waals surface area contributed by atoms with E-state index >= 15 is 0 Å². The zero-order valence-electron chi connectivity index (χ0n) is 9.52. The highest BCUT2D eigenvalue weighted by Gasteiger charge is 2.30. The molecular weight excluding hydrogens is 244 g/mol. The molecule has 2 rings (SSSR count). The van der Waals surface area contributed by atoms with E-state index in [-0.39, 0.29) is 18.2 Å². The molecule has 0 spiro atoms. The van der Waals surface area contributed by atoms with Gasteiger partial charge in [0, 0.05) is 18.7 Å². The highest BCUT2D eigenvalue weighted by atomic mass is 32.2. The van der Waals surface area contributed by atoms with Crippen molar-refractivity contribution in [3.05, 3.63) is 11.1 Å². The summed E-state index contributed by atoms with van der Waals surface area (Å²) in [4.78, 5) is 22.5. The zero-order valence-corrected chi connectivity index (χ0v) is 10.3. The molecule has 7 heteroatoms. The summed E-state index contributed by atoms with van der Waals surface area (Å²) in [6, 6.07) is 0. The van der Waals surface area contributed by atoms with Crippen LogP contribution in [0.5, 0.6) is 0 Å². The maximum absolute atomic E-state index is 11.4.